The maximum atomic E-state index is 12.1. The van der Waals surface area contributed by atoms with Crippen LogP contribution in [0.25, 0.3) is 17.2 Å². The molecule has 0 bridgehead atoms. The number of ether oxygens (including phenoxy) is 1. The first-order valence-corrected chi connectivity index (χ1v) is 8.60. The Hall–Kier alpha value is -3.99. The van der Waals surface area contributed by atoms with Crippen LogP contribution >= 0.6 is 0 Å². The number of carbonyl (C=O) groups is 2. The highest BCUT2D eigenvalue weighted by molar-refractivity contribution is 6.13. The van der Waals surface area contributed by atoms with Crippen LogP contribution in [0.3, 0.4) is 0 Å². The van der Waals surface area contributed by atoms with Crippen LogP contribution in [0, 0.1) is 0 Å². The molecule has 4 rings (SSSR count). The summed E-state index contributed by atoms with van der Waals surface area (Å²) in [6.07, 6.45) is 1.55. The Labute approximate surface area is 161 Å². The number of carboxylic acid groups (broad SMARTS) is 1. The average molecular weight is 368 g/mol. The van der Waals surface area contributed by atoms with Crippen molar-refractivity contribution in [2.24, 2.45) is 4.99 Å². The zero-order chi connectivity index (χ0) is 19.5. The van der Waals surface area contributed by atoms with E-state index in [2.05, 4.69) is 4.99 Å². The highest BCUT2D eigenvalue weighted by Crippen LogP contribution is 2.23. The molecule has 0 saturated carbocycles. The summed E-state index contributed by atoms with van der Waals surface area (Å²) in [6.45, 7) is 0. The molecule has 0 spiro atoms. The van der Waals surface area contributed by atoms with Crippen molar-refractivity contribution in [2.45, 2.75) is 0 Å². The van der Waals surface area contributed by atoms with E-state index in [0.717, 1.165) is 11.1 Å². The third-order valence-electron chi connectivity index (χ3n) is 4.31. The molecule has 5 nitrogen and oxygen atoms in total. The summed E-state index contributed by atoms with van der Waals surface area (Å²) in [5.41, 5.74) is 3.71. The molecule has 0 amide bonds. The van der Waals surface area contributed by atoms with E-state index < -0.39 is 11.9 Å². The van der Waals surface area contributed by atoms with Crippen molar-refractivity contribution in [3.05, 3.63) is 101 Å². The molecule has 1 aliphatic heterocycles. The number of nitrogens with zero attached hydrogens (tertiary/aromatic N) is 1. The van der Waals surface area contributed by atoms with Gasteiger partial charge in [0, 0.05) is 5.56 Å². The van der Waals surface area contributed by atoms with Gasteiger partial charge < -0.3 is 14.6 Å². The molecule has 0 aliphatic carbocycles. The van der Waals surface area contributed by atoms with Gasteiger partial charge in [0.05, 0.1) is 5.97 Å². The van der Waals surface area contributed by atoms with E-state index in [1.54, 1.807) is 18.2 Å². The molecule has 3 aromatic carbocycles. The second kappa shape index (κ2) is 7.32. The Kier molecular flexibility index (Phi) is 4.56. The zero-order valence-corrected chi connectivity index (χ0v) is 14.7. The SMILES string of the molecule is O=C1OC(c2ccc(-c3ccccc3)cc2)=N/C1=C\c1ccc(C(=O)[O-])cc1. The number of hydrogen-bond donors (Lipinski definition) is 0. The van der Waals surface area contributed by atoms with Gasteiger partial charge in [-0.25, -0.2) is 9.79 Å². The highest BCUT2D eigenvalue weighted by atomic mass is 16.6. The van der Waals surface area contributed by atoms with Crippen LogP contribution in [0.5, 0.6) is 0 Å². The fourth-order valence-electron chi connectivity index (χ4n) is 2.84. The number of aliphatic imine (C=N–C) groups is 1. The van der Waals surface area contributed by atoms with Gasteiger partial charge in [0.2, 0.25) is 5.90 Å². The monoisotopic (exact) mass is 368 g/mol. The predicted octanol–water partition coefficient (Wildman–Crippen LogP) is 3.06. The molecule has 0 N–H and O–H groups in total. The zero-order valence-electron chi connectivity index (χ0n) is 14.7. The highest BCUT2D eigenvalue weighted by Gasteiger charge is 2.24. The lowest BCUT2D eigenvalue weighted by atomic mass is 10.0. The lowest BCUT2D eigenvalue weighted by molar-refractivity contribution is -0.255. The van der Waals surface area contributed by atoms with Crippen LogP contribution in [0.15, 0.2) is 89.6 Å². The summed E-state index contributed by atoms with van der Waals surface area (Å²) in [7, 11) is 0. The summed E-state index contributed by atoms with van der Waals surface area (Å²) < 4.78 is 5.28. The van der Waals surface area contributed by atoms with Crippen LogP contribution in [0.4, 0.5) is 0 Å². The number of esters is 1. The largest absolute Gasteiger partial charge is 0.545 e. The molecule has 1 heterocycles. The summed E-state index contributed by atoms with van der Waals surface area (Å²) in [5.74, 6) is -1.56. The van der Waals surface area contributed by atoms with E-state index in [0.29, 0.717) is 11.1 Å². The topological polar surface area (TPSA) is 78.8 Å². The molecular formula is C23H14NO4-. The first kappa shape index (κ1) is 17.4. The van der Waals surface area contributed by atoms with Crippen molar-refractivity contribution in [3.8, 4) is 11.1 Å². The molecule has 0 atom stereocenters. The molecule has 28 heavy (non-hydrogen) atoms. The minimum atomic E-state index is -1.25. The molecule has 136 valence electrons. The van der Waals surface area contributed by atoms with Crippen LogP contribution in [0.2, 0.25) is 0 Å². The van der Waals surface area contributed by atoms with Gasteiger partial charge in [-0.15, -0.1) is 0 Å². The molecule has 1 aliphatic rings. The maximum Gasteiger partial charge on any atom is 0.363 e. The lowest BCUT2D eigenvalue weighted by Gasteiger charge is -2.03. The van der Waals surface area contributed by atoms with Gasteiger partial charge in [0.1, 0.15) is 0 Å². The standard InChI is InChI=1S/C23H15NO4/c25-22(26)19-8-6-15(7-9-19)14-20-23(27)28-21(24-20)18-12-10-17(11-13-18)16-4-2-1-3-5-16/h1-14H,(H,25,26)/p-1/b20-14-. The van der Waals surface area contributed by atoms with Crippen LogP contribution < -0.4 is 5.11 Å². The van der Waals surface area contributed by atoms with Crippen molar-refractivity contribution >= 4 is 23.9 Å². The fourth-order valence-corrected chi connectivity index (χ4v) is 2.84. The summed E-state index contributed by atoms with van der Waals surface area (Å²) in [6, 6.07) is 23.5. The smallest absolute Gasteiger partial charge is 0.363 e. The molecule has 0 unspecified atom stereocenters. The normalized spacial score (nSPS) is 14.6. The van der Waals surface area contributed by atoms with Crippen LogP contribution in [-0.4, -0.2) is 17.8 Å². The number of carboxylic acids is 1. The molecule has 5 heteroatoms. The Balaban J connectivity index is 1.57. The Bertz CT molecular complexity index is 1100. The van der Waals surface area contributed by atoms with Crippen molar-refractivity contribution in [3.63, 3.8) is 0 Å². The van der Waals surface area contributed by atoms with Gasteiger partial charge in [0.15, 0.2) is 5.70 Å². The van der Waals surface area contributed by atoms with Gasteiger partial charge in [0.25, 0.3) is 0 Å². The number of hydrogen-bond acceptors (Lipinski definition) is 5. The second-order valence-electron chi connectivity index (χ2n) is 6.19. The Morgan fingerprint density at radius 1 is 0.821 bits per heavy atom. The van der Waals surface area contributed by atoms with Gasteiger partial charge >= 0.3 is 5.97 Å². The number of cyclic esters (lactones) is 1. The van der Waals surface area contributed by atoms with Crippen LogP contribution in [-0.2, 0) is 9.53 Å². The third kappa shape index (κ3) is 3.59. The van der Waals surface area contributed by atoms with E-state index in [-0.39, 0.29) is 17.2 Å². The molecular weight excluding hydrogens is 354 g/mol. The number of aromatic carboxylic acids is 1. The first-order chi connectivity index (χ1) is 13.6. The Morgan fingerprint density at radius 3 is 2.07 bits per heavy atom. The number of carbonyl (C=O) groups excluding carboxylic acids is 2. The number of rotatable bonds is 4. The molecule has 0 saturated heterocycles. The maximum absolute atomic E-state index is 12.1. The lowest BCUT2D eigenvalue weighted by Crippen LogP contribution is -2.21. The molecule has 0 fully saturated rings. The van der Waals surface area contributed by atoms with Crippen molar-refractivity contribution in [1.82, 2.24) is 0 Å². The van der Waals surface area contributed by atoms with Gasteiger partial charge in [-0.1, -0.05) is 66.7 Å². The van der Waals surface area contributed by atoms with Crippen LogP contribution in [0.1, 0.15) is 21.5 Å². The van der Waals surface area contributed by atoms with Crippen molar-refractivity contribution in [1.29, 1.82) is 0 Å². The summed E-state index contributed by atoms with van der Waals surface area (Å²) >= 11 is 0. The average Bonchev–Trinajstić information content (AvgIpc) is 3.09. The minimum Gasteiger partial charge on any atom is -0.545 e. The second-order valence-corrected chi connectivity index (χ2v) is 6.19. The Morgan fingerprint density at radius 2 is 1.43 bits per heavy atom. The van der Waals surface area contributed by atoms with Crippen molar-refractivity contribution < 1.29 is 19.4 Å². The summed E-state index contributed by atoms with van der Waals surface area (Å²) in [5, 5.41) is 10.8. The fraction of sp³-hybridized carbons (Fsp3) is 0. The first-order valence-electron chi connectivity index (χ1n) is 8.60. The van der Waals surface area contributed by atoms with Gasteiger partial charge in [-0.3, -0.25) is 0 Å². The van der Waals surface area contributed by atoms with Gasteiger partial charge in [-0.05, 0) is 40.5 Å². The predicted molar refractivity (Wildman–Crippen MR) is 103 cm³/mol. The van der Waals surface area contributed by atoms with Crippen molar-refractivity contribution in [2.75, 3.05) is 0 Å². The molecule has 3 aromatic rings. The third-order valence-corrected chi connectivity index (χ3v) is 4.31. The van der Waals surface area contributed by atoms with E-state index in [1.807, 2.05) is 54.6 Å². The number of benzene rings is 3. The van der Waals surface area contributed by atoms with E-state index in [1.165, 1.54) is 12.1 Å². The van der Waals surface area contributed by atoms with E-state index in [4.69, 9.17) is 4.74 Å². The van der Waals surface area contributed by atoms with Gasteiger partial charge in [-0.2, -0.15) is 0 Å². The molecule has 0 radical (unpaired) electrons. The minimum absolute atomic E-state index is 0.0684. The summed E-state index contributed by atoms with van der Waals surface area (Å²) in [4.78, 5) is 27.2. The van der Waals surface area contributed by atoms with E-state index in [9.17, 15) is 14.7 Å². The molecule has 0 aromatic heterocycles. The van der Waals surface area contributed by atoms with E-state index >= 15 is 0 Å². The quantitative estimate of drug-likeness (QED) is 0.524.